The van der Waals surface area contributed by atoms with E-state index in [4.69, 9.17) is 4.52 Å². The first-order valence-corrected chi connectivity index (χ1v) is 11.3. The van der Waals surface area contributed by atoms with E-state index in [9.17, 15) is 4.79 Å². The van der Waals surface area contributed by atoms with Crippen LogP contribution < -0.4 is 5.32 Å². The third-order valence-corrected chi connectivity index (χ3v) is 7.13. The van der Waals surface area contributed by atoms with E-state index in [2.05, 4.69) is 53.0 Å². The maximum Gasteiger partial charge on any atom is 0.234 e. The van der Waals surface area contributed by atoms with E-state index < -0.39 is 0 Å². The van der Waals surface area contributed by atoms with Gasteiger partial charge in [-0.3, -0.25) is 14.6 Å². The Hall–Kier alpha value is -1.47. The van der Waals surface area contributed by atoms with Crippen molar-refractivity contribution in [2.24, 2.45) is 17.8 Å². The van der Waals surface area contributed by atoms with Gasteiger partial charge in [0.2, 0.25) is 11.8 Å². The third kappa shape index (κ3) is 5.00. The number of amides is 1. The number of nitrogens with one attached hydrogen (secondary N) is 1. The quantitative estimate of drug-likeness (QED) is 0.786. The zero-order chi connectivity index (χ0) is 20.6. The summed E-state index contributed by atoms with van der Waals surface area (Å²) in [5.41, 5.74) is -0.119. The van der Waals surface area contributed by atoms with Crippen molar-refractivity contribution in [3.63, 3.8) is 0 Å². The van der Waals surface area contributed by atoms with Crippen molar-refractivity contribution in [1.82, 2.24) is 25.3 Å². The molecule has 1 aromatic heterocycles. The van der Waals surface area contributed by atoms with Crippen LogP contribution in [0.5, 0.6) is 0 Å². The molecule has 29 heavy (non-hydrogen) atoms. The molecule has 1 aliphatic heterocycles. The maximum atomic E-state index is 12.6. The minimum absolute atomic E-state index is 0.119. The van der Waals surface area contributed by atoms with E-state index in [1.54, 1.807) is 0 Å². The van der Waals surface area contributed by atoms with E-state index in [1.165, 1.54) is 25.7 Å². The maximum absolute atomic E-state index is 12.6. The molecule has 1 saturated heterocycles. The first kappa shape index (κ1) is 20.8. The molecule has 4 atom stereocenters. The zero-order valence-electron chi connectivity index (χ0n) is 18.5. The second-order valence-electron chi connectivity index (χ2n) is 10.5. The summed E-state index contributed by atoms with van der Waals surface area (Å²) in [6.45, 7) is 13.3. The summed E-state index contributed by atoms with van der Waals surface area (Å²) < 4.78 is 5.39. The molecule has 2 bridgehead atoms. The second-order valence-corrected chi connectivity index (χ2v) is 10.5. The zero-order valence-corrected chi connectivity index (χ0v) is 18.5. The first-order chi connectivity index (χ1) is 13.8. The van der Waals surface area contributed by atoms with Gasteiger partial charge in [0, 0.05) is 37.6 Å². The van der Waals surface area contributed by atoms with Crippen LogP contribution in [-0.2, 0) is 16.8 Å². The number of rotatable bonds is 6. The topological polar surface area (TPSA) is 74.5 Å². The average Bonchev–Trinajstić information content (AvgIpc) is 3.39. The Balaban J connectivity index is 1.18. The monoisotopic (exact) mass is 403 g/mol. The highest BCUT2D eigenvalue weighted by molar-refractivity contribution is 5.78. The summed E-state index contributed by atoms with van der Waals surface area (Å²) >= 11 is 0. The summed E-state index contributed by atoms with van der Waals surface area (Å²) in [6, 6.07) is 0.314. The van der Waals surface area contributed by atoms with Gasteiger partial charge in [-0.1, -0.05) is 32.3 Å². The third-order valence-electron chi connectivity index (χ3n) is 7.13. The molecule has 2 heterocycles. The molecule has 1 N–H and O–H groups in total. The molecule has 4 rings (SSSR count). The van der Waals surface area contributed by atoms with Crippen molar-refractivity contribution >= 4 is 5.91 Å². The molecule has 2 saturated carbocycles. The highest BCUT2D eigenvalue weighted by Crippen LogP contribution is 2.49. The molecule has 0 radical (unpaired) electrons. The molecule has 7 heteroatoms. The molecule has 1 amide bonds. The number of nitrogens with zero attached hydrogens (tertiary/aromatic N) is 4. The Morgan fingerprint density at radius 3 is 2.48 bits per heavy atom. The second kappa shape index (κ2) is 8.34. The lowest BCUT2D eigenvalue weighted by molar-refractivity contribution is -0.123. The van der Waals surface area contributed by atoms with Crippen molar-refractivity contribution in [3.05, 3.63) is 11.7 Å². The number of hydrogen-bond donors (Lipinski definition) is 1. The van der Waals surface area contributed by atoms with Crippen LogP contribution in [0.4, 0.5) is 0 Å². The molecule has 1 aromatic rings. The molecule has 0 spiro atoms. The molecule has 162 valence electrons. The SMILES string of the molecule is C[C@H](NC(=O)CN1CCN(Cc2noc(C(C)(C)C)n2)CC1)[C@@H]1C[C@H]2CC[C@H]1C2. The van der Waals surface area contributed by atoms with Crippen molar-refractivity contribution < 1.29 is 9.32 Å². The highest BCUT2D eigenvalue weighted by Gasteiger charge is 2.42. The summed E-state index contributed by atoms with van der Waals surface area (Å²) in [5.74, 6) is 4.09. The molecular formula is C22H37N5O2. The molecular weight excluding hydrogens is 366 g/mol. The van der Waals surface area contributed by atoms with Crippen LogP contribution in [0.3, 0.4) is 0 Å². The van der Waals surface area contributed by atoms with E-state index >= 15 is 0 Å². The average molecular weight is 404 g/mol. The van der Waals surface area contributed by atoms with Gasteiger partial charge in [-0.15, -0.1) is 0 Å². The highest BCUT2D eigenvalue weighted by atomic mass is 16.5. The van der Waals surface area contributed by atoms with Gasteiger partial charge in [0.25, 0.3) is 0 Å². The number of carbonyl (C=O) groups excluding carboxylic acids is 1. The van der Waals surface area contributed by atoms with Crippen molar-refractivity contribution in [1.29, 1.82) is 0 Å². The van der Waals surface area contributed by atoms with Crippen LogP contribution in [0.25, 0.3) is 0 Å². The van der Waals surface area contributed by atoms with E-state index in [-0.39, 0.29) is 11.3 Å². The van der Waals surface area contributed by atoms with Gasteiger partial charge < -0.3 is 9.84 Å². The van der Waals surface area contributed by atoms with Gasteiger partial charge in [0.05, 0.1) is 13.1 Å². The molecule has 0 unspecified atom stereocenters. The standard InChI is InChI=1S/C22H37N5O2/c1-15(18-12-16-5-6-17(18)11-16)23-20(28)14-27-9-7-26(8-10-27)13-19-24-21(29-25-19)22(2,3)4/h15-18H,5-14H2,1-4H3,(H,23,28)/t15-,16-,17-,18-/m0/s1. The Kier molecular flexibility index (Phi) is 5.98. The number of fused-ring (bicyclic) bond motifs is 2. The van der Waals surface area contributed by atoms with Gasteiger partial charge in [-0.05, 0) is 43.9 Å². The fourth-order valence-corrected chi connectivity index (χ4v) is 5.44. The van der Waals surface area contributed by atoms with Gasteiger partial charge in [-0.2, -0.15) is 4.98 Å². The lowest BCUT2D eigenvalue weighted by atomic mass is 9.84. The lowest BCUT2D eigenvalue weighted by Gasteiger charge is -2.34. The fourth-order valence-electron chi connectivity index (χ4n) is 5.44. The molecule has 0 aromatic carbocycles. The Morgan fingerprint density at radius 1 is 1.17 bits per heavy atom. The summed E-state index contributed by atoms with van der Waals surface area (Å²) in [5, 5.41) is 7.42. The van der Waals surface area contributed by atoms with Crippen LogP contribution in [0.1, 0.15) is 65.1 Å². The molecule has 7 nitrogen and oxygen atoms in total. The summed E-state index contributed by atoms with van der Waals surface area (Å²) in [6.07, 6.45) is 5.49. The smallest absolute Gasteiger partial charge is 0.234 e. The van der Waals surface area contributed by atoms with Crippen LogP contribution in [0.15, 0.2) is 4.52 Å². The van der Waals surface area contributed by atoms with Gasteiger partial charge in [-0.25, -0.2) is 0 Å². The van der Waals surface area contributed by atoms with E-state index in [1.807, 2.05) is 0 Å². The largest absolute Gasteiger partial charge is 0.352 e. The van der Waals surface area contributed by atoms with Crippen LogP contribution in [-0.4, -0.2) is 64.6 Å². The Morgan fingerprint density at radius 2 is 1.90 bits per heavy atom. The van der Waals surface area contributed by atoms with Crippen molar-refractivity contribution in [2.45, 2.75) is 71.4 Å². The van der Waals surface area contributed by atoms with Crippen LogP contribution in [0, 0.1) is 17.8 Å². The number of aromatic nitrogens is 2. The molecule has 3 aliphatic rings. The summed E-state index contributed by atoms with van der Waals surface area (Å²) in [4.78, 5) is 21.7. The predicted molar refractivity (Wildman–Crippen MR) is 111 cm³/mol. The normalized spacial score (nSPS) is 29.3. The number of piperazine rings is 1. The van der Waals surface area contributed by atoms with Crippen LogP contribution in [0.2, 0.25) is 0 Å². The fraction of sp³-hybridized carbons (Fsp3) is 0.864. The van der Waals surface area contributed by atoms with Gasteiger partial charge in [0.1, 0.15) is 0 Å². The molecule has 2 aliphatic carbocycles. The first-order valence-electron chi connectivity index (χ1n) is 11.3. The summed E-state index contributed by atoms with van der Waals surface area (Å²) in [7, 11) is 0. The Labute approximate surface area is 174 Å². The predicted octanol–water partition coefficient (Wildman–Crippen LogP) is 2.43. The van der Waals surface area contributed by atoms with Crippen molar-refractivity contribution in [3.8, 4) is 0 Å². The molecule has 3 fully saturated rings. The number of hydrogen-bond acceptors (Lipinski definition) is 6. The Bertz CT molecular complexity index is 704. The van der Waals surface area contributed by atoms with Gasteiger partial charge in [0.15, 0.2) is 5.82 Å². The lowest BCUT2D eigenvalue weighted by Crippen LogP contribution is -2.51. The van der Waals surface area contributed by atoms with E-state index in [0.717, 1.165) is 43.8 Å². The minimum Gasteiger partial charge on any atom is -0.352 e. The minimum atomic E-state index is -0.119. The van der Waals surface area contributed by atoms with Crippen LogP contribution >= 0.6 is 0 Å². The van der Waals surface area contributed by atoms with Gasteiger partial charge >= 0.3 is 0 Å². The van der Waals surface area contributed by atoms with Crippen molar-refractivity contribution in [2.75, 3.05) is 32.7 Å². The number of carbonyl (C=O) groups is 1. The van der Waals surface area contributed by atoms with E-state index in [0.29, 0.717) is 30.9 Å².